The normalized spacial score (nSPS) is 14.7. The van der Waals surface area contributed by atoms with Crippen molar-refractivity contribution in [3.8, 4) is 5.75 Å². The number of hydrogen-bond acceptors (Lipinski definition) is 3. The highest BCUT2D eigenvalue weighted by Gasteiger charge is 2.06. The fourth-order valence-corrected chi connectivity index (χ4v) is 1.53. The van der Waals surface area contributed by atoms with Crippen LogP contribution in [0.5, 0.6) is 5.75 Å². The van der Waals surface area contributed by atoms with E-state index in [-0.39, 0.29) is 0 Å². The van der Waals surface area contributed by atoms with Crippen LogP contribution in [0.15, 0.2) is 23.2 Å². The third kappa shape index (κ3) is 2.76. The van der Waals surface area contributed by atoms with Crippen LogP contribution in [0.1, 0.15) is 0 Å². The molecule has 3 nitrogen and oxygen atoms in total. The summed E-state index contributed by atoms with van der Waals surface area (Å²) in [6.07, 6.45) is 1.79. The van der Waals surface area contributed by atoms with E-state index in [0.29, 0.717) is 22.5 Å². The van der Waals surface area contributed by atoms with Crippen LogP contribution in [-0.2, 0) is 0 Å². The lowest BCUT2D eigenvalue weighted by Gasteiger charge is -2.14. The van der Waals surface area contributed by atoms with Gasteiger partial charge in [0.1, 0.15) is 5.75 Å². The maximum atomic E-state index is 5.86. The maximum absolute atomic E-state index is 5.86. The Morgan fingerprint density at radius 3 is 2.87 bits per heavy atom. The highest BCUT2D eigenvalue weighted by atomic mass is 35.5. The molecule has 2 rings (SSSR count). The molecule has 0 atom stereocenters. The lowest BCUT2D eigenvalue weighted by Crippen LogP contribution is -2.24. The molecule has 0 aromatic heterocycles. The molecule has 0 saturated carbocycles. The van der Waals surface area contributed by atoms with Crippen molar-refractivity contribution in [3.63, 3.8) is 0 Å². The van der Waals surface area contributed by atoms with Gasteiger partial charge >= 0.3 is 0 Å². The molecule has 80 valence electrons. The average molecular weight is 245 g/mol. The molecule has 0 unspecified atom stereocenters. The van der Waals surface area contributed by atoms with Crippen LogP contribution < -0.4 is 4.74 Å². The topological polar surface area (TPSA) is 24.8 Å². The molecule has 0 N–H and O–H groups in total. The summed E-state index contributed by atoms with van der Waals surface area (Å²) < 4.78 is 5.52. The van der Waals surface area contributed by atoms with E-state index in [0.717, 1.165) is 13.1 Å². The van der Waals surface area contributed by atoms with Gasteiger partial charge in [-0.2, -0.15) is 0 Å². The molecule has 0 aliphatic carbocycles. The van der Waals surface area contributed by atoms with E-state index in [1.165, 1.54) is 0 Å². The van der Waals surface area contributed by atoms with E-state index in [1.807, 2.05) is 4.90 Å². The molecule has 1 aliphatic rings. The van der Waals surface area contributed by atoms with E-state index in [1.54, 1.807) is 24.5 Å². The van der Waals surface area contributed by atoms with Gasteiger partial charge in [-0.15, -0.1) is 0 Å². The molecule has 15 heavy (non-hydrogen) atoms. The number of rotatable bonds is 3. The number of benzene rings is 1. The maximum Gasteiger partial charge on any atom is 0.162 e. The Labute approximate surface area is 98.3 Å². The van der Waals surface area contributed by atoms with Crippen molar-refractivity contribution in [2.45, 2.75) is 0 Å². The van der Waals surface area contributed by atoms with Gasteiger partial charge < -0.3 is 9.64 Å². The van der Waals surface area contributed by atoms with E-state index >= 15 is 0 Å². The number of halogens is 2. The van der Waals surface area contributed by atoms with Crippen LogP contribution >= 0.6 is 23.2 Å². The van der Waals surface area contributed by atoms with Crippen LogP contribution in [0.4, 0.5) is 0 Å². The van der Waals surface area contributed by atoms with Crippen LogP contribution in [0.2, 0.25) is 10.0 Å². The van der Waals surface area contributed by atoms with Gasteiger partial charge in [0.15, 0.2) is 6.73 Å². The van der Waals surface area contributed by atoms with Crippen molar-refractivity contribution in [3.05, 3.63) is 28.2 Å². The van der Waals surface area contributed by atoms with Crippen molar-refractivity contribution in [2.24, 2.45) is 4.99 Å². The second-order valence-corrected chi connectivity index (χ2v) is 4.00. The van der Waals surface area contributed by atoms with Gasteiger partial charge in [-0.05, 0) is 12.1 Å². The van der Waals surface area contributed by atoms with Gasteiger partial charge in [-0.3, -0.25) is 4.99 Å². The first kappa shape index (κ1) is 10.6. The summed E-state index contributed by atoms with van der Waals surface area (Å²) in [6, 6.07) is 5.22. The van der Waals surface area contributed by atoms with Crippen molar-refractivity contribution in [1.82, 2.24) is 4.90 Å². The zero-order valence-electron chi connectivity index (χ0n) is 7.99. The van der Waals surface area contributed by atoms with E-state index in [4.69, 9.17) is 27.9 Å². The molecule has 0 saturated heterocycles. The summed E-state index contributed by atoms with van der Waals surface area (Å²) in [4.78, 5) is 6.07. The molecule has 1 aromatic rings. The first-order valence-corrected chi connectivity index (χ1v) is 5.33. The summed E-state index contributed by atoms with van der Waals surface area (Å²) >= 11 is 11.6. The molecule has 0 spiro atoms. The van der Waals surface area contributed by atoms with Crippen LogP contribution in [0.3, 0.4) is 0 Å². The summed E-state index contributed by atoms with van der Waals surface area (Å²) in [6.45, 7) is 2.23. The third-order valence-corrected chi connectivity index (χ3v) is 2.79. The Morgan fingerprint density at radius 2 is 2.20 bits per heavy atom. The predicted octanol–water partition coefficient (Wildman–Crippen LogP) is 2.67. The predicted molar refractivity (Wildman–Crippen MR) is 62.0 cm³/mol. The second-order valence-electron chi connectivity index (χ2n) is 3.18. The average Bonchev–Trinajstić information content (AvgIpc) is 2.73. The molecular weight excluding hydrogens is 235 g/mol. The second kappa shape index (κ2) is 4.73. The SMILES string of the molecule is Clc1ccc(OCN2C=NCC2)cc1Cl. The molecule has 0 radical (unpaired) electrons. The van der Waals surface area contributed by atoms with Crippen molar-refractivity contribution < 1.29 is 4.74 Å². The van der Waals surface area contributed by atoms with Gasteiger partial charge in [0.2, 0.25) is 0 Å². The minimum absolute atomic E-state index is 0.488. The third-order valence-electron chi connectivity index (χ3n) is 2.05. The molecule has 1 aliphatic heterocycles. The van der Waals surface area contributed by atoms with Crippen molar-refractivity contribution in [1.29, 1.82) is 0 Å². The first-order chi connectivity index (χ1) is 7.25. The van der Waals surface area contributed by atoms with Crippen LogP contribution in [0, 0.1) is 0 Å². The molecular formula is C10H10Cl2N2O. The monoisotopic (exact) mass is 244 g/mol. The van der Waals surface area contributed by atoms with Crippen molar-refractivity contribution in [2.75, 3.05) is 19.8 Å². The Bertz CT molecular complexity index is 382. The number of aliphatic imine (C=N–C) groups is 1. The van der Waals surface area contributed by atoms with E-state index < -0.39 is 0 Å². The highest BCUT2D eigenvalue weighted by molar-refractivity contribution is 6.42. The van der Waals surface area contributed by atoms with Crippen LogP contribution in [-0.4, -0.2) is 31.1 Å². The Hall–Kier alpha value is -0.930. The first-order valence-electron chi connectivity index (χ1n) is 4.57. The minimum atomic E-state index is 0.488. The Morgan fingerprint density at radius 1 is 1.33 bits per heavy atom. The van der Waals surface area contributed by atoms with Gasteiger partial charge in [-0.1, -0.05) is 23.2 Å². The van der Waals surface area contributed by atoms with Crippen LogP contribution in [0.25, 0.3) is 0 Å². The van der Waals surface area contributed by atoms with Gasteiger partial charge in [0.25, 0.3) is 0 Å². The molecule has 0 bridgehead atoms. The highest BCUT2D eigenvalue weighted by Crippen LogP contribution is 2.26. The summed E-state index contributed by atoms with van der Waals surface area (Å²) in [7, 11) is 0. The zero-order valence-corrected chi connectivity index (χ0v) is 9.50. The molecule has 0 fully saturated rings. The Kier molecular flexibility index (Phi) is 3.34. The van der Waals surface area contributed by atoms with E-state index in [2.05, 4.69) is 4.99 Å². The summed E-state index contributed by atoms with van der Waals surface area (Å²) in [5.74, 6) is 0.713. The summed E-state index contributed by atoms with van der Waals surface area (Å²) in [5.41, 5.74) is 0. The standard InChI is InChI=1S/C10H10Cl2N2O/c11-9-2-1-8(5-10(9)12)15-7-14-4-3-13-6-14/h1-2,5-6H,3-4,7H2. The molecule has 1 aromatic carbocycles. The number of ether oxygens (including phenoxy) is 1. The Balaban J connectivity index is 1.93. The summed E-state index contributed by atoms with van der Waals surface area (Å²) in [5, 5.41) is 1.04. The number of hydrogen-bond donors (Lipinski definition) is 0. The quantitative estimate of drug-likeness (QED) is 0.817. The van der Waals surface area contributed by atoms with Gasteiger partial charge in [0.05, 0.1) is 22.9 Å². The fraction of sp³-hybridized carbons (Fsp3) is 0.300. The molecule has 5 heteroatoms. The number of nitrogens with zero attached hydrogens (tertiary/aromatic N) is 2. The van der Waals surface area contributed by atoms with Crippen molar-refractivity contribution >= 4 is 29.5 Å². The van der Waals surface area contributed by atoms with E-state index in [9.17, 15) is 0 Å². The lowest BCUT2D eigenvalue weighted by atomic mass is 10.3. The minimum Gasteiger partial charge on any atom is -0.473 e. The lowest BCUT2D eigenvalue weighted by molar-refractivity contribution is 0.206. The fourth-order valence-electron chi connectivity index (χ4n) is 1.24. The zero-order chi connectivity index (χ0) is 10.7. The molecule has 0 amide bonds. The van der Waals surface area contributed by atoms with Gasteiger partial charge in [0, 0.05) is 12.6 Å². The largest absolute Gasteiger partial charge is 0.473 e. The van der Waals surface area contributed by atoms with Gasteiger partial charge in [-0.25, -0.2) is 0 Å². The molecule has 1 heterocycles. The smallest absolute Gasteiger partial charge is 0.162 e.